The van der Waals surface area contributed by atoms with Crippen LogP contribution in [0.3, 0.4) is 0 Å². The summed E-state index contributed by atoms with van der Waals surface area (Å²) in [6, 6.07) is 3.84. The minimum Gasteiger partial charge on any atom is -0.490 e. The molecule has 3 aliphatic heterocycles. The smallest absolute Gasteiger partial charge is 0.265 e. The molecule has 0 bridgehead atoms. The van der Waals surface area contributed by atoms with Crippen LogP contribution >= 0.6 is 22.9 Å². The summed E-state index contributed by atoms with van der Waals surface area (Å²) in [6.07, 6.45) is 5.48. The first-order valence-corrected chi connectivity index (χ1v) is 14.6. The van der Waals surface area contributed by atoms with Crippen LogP contribution in [0.1, 0.15) is 28.2 Å². The third-order valence-electron chi connectivity index (χ3n) is 7.44. The fraction of sp³-hybridized carbons (Fsp3) is 0.500. The summed E-state index contributed by atoms with van der Waals surface area (Å²) in [5.41, 5.74) is 10.3. The fourth-order valence-corrected chi connectivity index (χ4v) is 6.53. The number of morpholine rings is 1. The van der Waals surface area contributed by atoms with Crippen molar-refractivity contribution in [2.45, 2.75) is 18.9 Å². The average molecular weight is 573 g/mol. The number of ether oxygens (including phenoxy) is 2. The highest BCUT2D eigenvalue weighted by Crippen LogP contribution is 2.35. The van der Waals surface area contributed by atoms with Crippen LogP contribution in [-0.2, 0) is 4.74 Å². The molecule has 39 heavy (non-hydrogen) atoms. The molecule has 208 valence electrons. The normalized spacial score (nSPS) is 20.4. The lowest BCUT2D eigenvalue weighted by atomic mass is 10.0. The van der Waals surface area contributed by atoms with Gasteiger partial charge in [-0.05, 0) is 24.5 Å². The molecule has 3 aliphatic rings. The number of hydrogen-bond acceptors (Lipinski definition) is 10. The molecular formula is C26H33ClN8O3S. The van der Waals surface area contributed by atoms with Gasteiger partial charge < -0.3 is 30.7 Å². The van der Waals surface area contributed by atoms with Crippen molar-refractivity contribution in [2.24, 2.45) is 0 Å². The molecule has 0 spiro atoms. The number of halogens is 1. The second-order valence-corrected chi connectivity index (χ2v) is 11.7. The minimum atomic E-state index is -0.160. The van der Waals surface area contributed by atoms with E-state index in [1.807, 2.05) is 4.52 Å². The molecule has 0 radical (unpaired) electrons. The summed E-state index contributed by atoms with van der Waals surface area (Å²) in [5.74, 6) is 0.818. The Morgan fingerprint density at radius 3 is 3.00 bits per heavy atom. The lowest BCUT2D eigenvalue weighted by Crippen LogP contribution is -2.47. The third-order valence-corrected chi connectivity index (χ3v) is 8.68. The Balaban J connectivity index is 1.14. The Hall–Kier alpha value is -2.90. The summed E-state index contributed by atoms with van der Waals surface area (Å²) in [6.45, 7) is 7.68. The van der Waals surface area contributed by atoms with E-state index in [0.717, 1.165) is 82.2 Å². The van der Waals surface area contributed by atoms with Crippen LogP contribution in [0.5, 0.6) is 5.75 Å². The highest BCUT2D eigenvalue weighted by molar-refractivity contribution is 7.18. The van der Waals surface area contributed by atoms with Gasteiger partial charge in [-0.2, -0.15) is 5.10 Å². The van der Waals surface area contributed by atoms with Crippen molar-refractivity contribution in [1.82, 2.24) is 30.1 Å². The van der Waals surface area contributed by atoms with Crippen molar-refractivity contribution in [3.8, 4) is 5.75 Å². The van der Waals surface area contributed by atoms with Gasteiger partial charge in [0.15, 0.2) is 5.82 Å². The molecule has 3 aromatic heterocycles. The van der Waals surface area contributed by atoms with E-state index in [-0.39, 0.29) is 11.9 Å². The summed E-state index contributed by atoms with van der Waals surface area (Å²) >= 11 is 7.55. The fourth-order valence-electron chi connectivity index (χ4n) is 5.47. The predicted octanol–water partition coefficient (Wildman–Crippen LogP) is 2.12. The van der Waals surface area contributed by atoms with Crippen molar-refractivity contribution in [3.63, 3.8) is 0 Å². The van der Waals surface area contributed by atoms with E-state index in [1.165, 1.54) is 23.2 Å². The number of anilines is 2. The maximum Gasteiger partial charge on any atom is 0.265 e. The van der Waals surface area contributed by atoms with E-state index < -0.39 is 0 Å². The molecule has 6 rings (SSSR count). The van der Waals surface area contributed by atoms with Crippen molar-refractivity contribution in [1.29, 1.82) is 0 Å². The lowest BCUT2D eigenvalue weighted by molar-refractivity contribution is 0.0322. The van der Waals surface area contributed by atoms with Gasteiger partial charge in [-0.15, -0.1) is 11.3 Å². The molecule has 2 saturated heterocycles. The number of nitrogens with two attached hydrogens (primary N) is 1. The molecule has 13 heteroatoms. The monoisotopic (exact) mass is 572 g/mol. The van der Waals surface area contributed by atoms with Crippen molar-refractivity contribution in [2.75, 3.05) is 76.3 Å². The number of nitrogen functional groups attached to an aromatic ring is 1. The van der Waals surface area contributed by atoms with Gasteiger partial charge >= 0.3 is 0 Å². The second kappa shape index (κ2) is 11.7. The van der Waals surface area contributed by atoms with Crippen molar-refractivity contribution in [3.05, 3.63) is 39.4 Å². The van der Waals surface area contributed by atoms with Gasteiger partial charge in [-0.25, -0.2) is 9.50 Å². The van der Waals surface area contributed by atoms with Crippen LogP contribution in [0.2, 0.25) is 4.34 Å². The van der Waals surface area contributed by atoms with Gasteiger partial charge in [0, 0.05) is 57.9 Å². The van der Waals surface area contributed by atoms with E-state index in [0.29, 0.717) is 33.9 Å². The Labute approximate surface area is 235 Å². The highest BCUT2D eigenvalue weighted by Gasteiger charge is 2.28. The second-order valence-electron chi connectivity index (χ2n) is 9.99. The zero-order valence-electron chi connectivity index (χ0n) is 21.7. The summed E-state index contributed by atoms with van der Waals surface area (Å²) < 4.78 is 13.8. The van der Waals surface area contributed by atoms with Gasteiger partial charge in [0.2, 0.25) is 0 Å². The number of nitrogens with zero attached hydrogens (tertiary/aromatic N) is 5. The van der Waals surface area contributed by atoms with E-state index in [1.54, 1.807) is 6.07 Å². The number of aromatic nitrogens is 3. The molecule has 0 aliphatic carbocycles. The molecule has 2 fully saturated rings. The summed E-state index contributed by atoms with van der Waals surface area (Å²) in [7, 11) is 0. The summed E-state index contributed by atoms with van der Waals surface area (Å²) in [4.78, 5) is 22.7. The maximum atomic E-state index is 13.4. The number of carbonyl (C=O) groups excluding carboxylic acids is 1. The molecule has 11 nitrogen and oxygen atoms in total. The lowest BCUT2D eigenvalue weighted by Gasteiger charge is -2.34. The largest absolute Gasteiger partial charge is 0.490 e. The first-order chi connectivity index (χ1) is 19.1. The average Bonchev–Trinajstić information content (AvgIpc) is 3.69. The molecular weight excluding hydrogens is 540 g/mol. The number of amides is 1. The first kappa shape index (κ1) is 26.3. The maximum absolute atomic E-state index is 13.4. The Bertz CT molecular complexity index is 1370. The molecule has 0 unspecified atom stereocenters. The molecule has 6 heterocycles. The van der Waals surface area contributed by atoms with Crippen LogP contribution in [0, 0.1) is 0 Å². The molecule has 3 aromatic rings. The molecule has 4 N–H and O–H groups in total. The zero-order valence-corrected chi connectivity index (χ0v) is 23.3. The van der Waals surface area contributed by atoms with E-state index in [9.17, 15) is 4.79 Å². The van der Waals surface area contributed by atoms with Crippen LogP contribution < -0.4 is 26.0 Å². The standard InChI is InChI=1S/C26H33ClN8O3S/c27-22-13-21(38-11-8-33-6-9-37-10-7-33)24(39-22)26(36)32-18-2-1-5-34(15-18)20-12-19(17-3-4-29-14-17)35-23(20)25(28)30-16-31-35/h3,12-13,16,18,29H,1-2,4-11,14-15H2,(H,32,36)(H2,28,30,31)/t18-/m1/s1. The Morgan fingerprint density at radius 2 is 2.18 bits per heavy atom. The van der Waals surface area contributed by atoms with Crippen molar-refractivity contribution >= 4 is 51.4 Å². The van der Waals surface area contributed by atoms with Gasteiger partial charge in [0.1, 0.15) is 29.1 Å². The molecule has 0 aromatic carbocycles. The SMILES string of the molecule is Nc1ncnn2c(C3=CCNC3)cc(N3CCC[C@@H](NC(=O)c4sc(Cl)cc4OCCN4CCOCC4)C3)c12. The number of fused-ring (bicyclic) bond motifs is 1. The van der Waals surface area contributed by atoms with Gasteiger partial charge in [-0.3, -0.25) is 9.69 Å². The van der Waals surface area contributed by atoms with E-state index in [4.69, 9.17) is 26.8 Å². The van der Waals surface area contributed by atoms with Crippen LogP contribution in [-0.4, -0.2) is 97.1 Å². The van der Waals surface area contributed by atoms with Crippen LogP contribution in [0.25, 0.3) is 11.1 Å². The van der Waals surface area contributed by atoms with Gasteiger partial charge in [-0.1, -0.05) is 17.7 Å². The van der Waals surface area contributed by atoms with Crippen LogP contribution in [0.15, 0.2) is 24.5 Å². The molecule has 0 saturated carbocycles. The third kappa shape index (κ3) is 5.71. The molecule has 1 amide bonds. The quantitative estimate of drug-likeness (QED) is 0.372. The number of hydrogen-bond donors (Lipinski definition) is 3. The van der Waals surface area contributed by atoms with Crippen LogP contribution in [0.4, 0.5) is 11.5 Å². The zero-order chi connectivity index (χ0) is 26.8. The molecule has 1 atom stereocenters. The topological polar surface area (TPSA) is 122 Å². The first-order valence-electron chi connectivity index (χ1n) is 13.4. The predicted molar refractivity (Wildman–Crippen MR) is 153 cm³/mol. The van der Waals surface area contributed by atoms with Gasteiger partial charge in [0.05, 0.1) is 28.9 Å². The number of piperidine rings is 1. The minimum absolute atomic E-state index is 0.0371. The number of nitrogens with one attached hydrogen (secondary N) is 2. The number of carbonyl (C=O) groups is 1. The number of rotatable bonds is 8. The Kier molecular flexibility index (Phi) is 7.89. The van der Waals surface area contributed by atoms with Crippen molar-refractivity contribution < 1.29 is 14.3 Å². The number of thiophene rings is 1. The van der Waals surface area contributed by atoms with E-state index in [2.05, 4.69) is 42.7 Å². The highest BCUT2D eigenvalue weighted by atomic mass is 35.5. The van der Waals surface area contributed by atoms with Gasteiger partial charge in [0.25, 0.3) is 5.91 Å². The summed E-state index contributed by atoms with van der Waals surface area (Å²) in [5, 5.41) is 11.1. The Morgan fingerprint density at radius 1 is 1.31 bits per heavy atom. The van der Waals surface area contributed by atoms with E-state index >= 15 is 0 Å².